The summed E-state index contributed by atoms with van der Waals surface area (Å²) in [7, 11) is 0. The molecular weight excluding hydrogens is 312 g/mol. The van der Waals surface area contributed by atoms with Crippen molar-refractivity contribution in [3.63, 3.8) is 0 Å². The molecule has 0 aliphatic carbocycles. The molecule has 2 rings (SSSR count). The highest BCUT2D eigenvalue weighted by Crippen LogP contribution is 2.16. The van der Waals surface area contributed by atoms with Gasteiger partial charge in [0.25, 0.3) is 0 Å². The molecule has 1 aromatic rings. The lowest BCUT2D eigenvalue weighted by Gasteiger charge is -2.32. The molecule has 0 aromatic heterocycles. The van der Waals surface area contributed by atoms with Crippen LogP contribution in [0.4, 0.5) is 0 Å². The standard InChI is InChI=1S/C18H25ClN2O2/c1-14-7-10-20(11-8-14)18(23)13-21(15(2)22)12-9-16-3-5-17(19)6-4-16/h3-6,14H,7-13H2,1-2H3. The second kappa shape index (κ2) is 8.34. The maximum atomic E-state index is 12.4. The van der Waals surface area contributed by atoms with Crippen molar-refractivity contribution >= 4 is 23.4 Å². The molecule has 1 aliphatic heterocycles. The molecule has 4 nitrogen and oxygen atoms in total. The van der Waals surface area contributed by atoms with Crippen LogP contribution in [0.3, 0.4) is 0 Å². The average Bonchev–Trinajstić information content (AvgIpc) is 2.53. The number of rotatable bonds is 5. The number of amides is 2. The zero-order chi connectivity index (χ0) is 16.8. The van der Waals surface area contributed by atoms with E-state index >= 15 is 0 Å². The number of hydrogen-bond donors (Lipinski definition) is 0. The van der Waals surface area contributed by atoms with E-state index in [1.807, 2.05) is 29.2 Å². The van der Waals surface area contributed by atoms with Crippen LogP contribution in [-0.4, -0.2) is 47.8 Å². The fraction of sp³-hybridized carbons (Fsp3) is 0.556. The number of hydrogen-bond acceptors (Lipinski definition) is 2. The molecule has 0 bridgehead atoms. The Morgan fingerprint density at radius 3 is 2.39 bits per heavy atom. The normalized spacial score (nSPS) is 15.5. The summed E-state index contributed by atoms with van der Waals surface area (Å²) in [4.78, 5) is 27.7. The van der Waals surface area contributed by atoms with E-state index in [1.54, 1.807) is 4.90 Å². The molecule has 0 atom stereocenters. The van der Waals surface area contributed by atoms with E-state index in [9.17, 15) is 9.59 Å². The molecule has 23 heavy (non-hydrogen) atoms. The van der Waals surface area contributed by atoms with Crippen molar-refractivity contribution in [3.05, 3.63) is 34.9 Å². The third kappa shape index (κ3) is 5.54. The van der Waals surface area contributed by atoms with E-state index in [4.69, 9.17) is 11.6 Å². The zero-order valence-electron chi connectivity index (χ0n) is 13.9. The lowest BCUT2D eigenvalue weighted by atomic mass is 9.99. The molecule has 2 amide bonds. The van der Waals surface area contributed by atoms with Gasteiger partial charge < -0.3 is 9.80 Å². The first-order valence-electron chi connectivity index (χ1n) is 8.23. The summed E-state index contributed by atoms with van der Waals surface area (Å²) in [5, 5.41) is 0.701. The van der Waals surface area contributed by atoms with Crippen molar-refractivity contribution in [1.82, 2.24) is 9.80 Å². The number of nitrogens with zero attached hydrogens (tertiary/aromatic N) is 2. The smallest absolute Gasteiger partial charge is 0.242 e. The molecule has 0 N–H and O–H groups in total. The molecule has 1 saturated heterocycles. The van der Waals surface area contributed by atoms with Gasteiger partial charge >= 0.3 is 0 Å². The monoisotopic (exact) mass is 336 g/mol. The fourth-order valence-electron chi connectivity index (χ4n) is 2.78. The van der Waals surface area contributed by atoms with Crippen LogP contribution in [0.15, 0.2) is 24.3 Å². The van der Waals surface area contributed by atoms with E-state index in [0.717, 1.165) is 37.9 Å². The Morgan fingerprint density at radius 2 is 1.83 bits per heavy atom. The lowest BCUT2D eigenvalue weighted by Crippen LogP contribution is -2.45. The number of piperidine rings is 1. The van der Waals surface area contributed by atoms with Crippen LogP contribution < -0.4 is 0 Å². The first-order chi connectivity index (χ1) is 11.0. The predicted molar refractivity (Wildman–Crippen MR) is 92.4 cm³/mol. The number of carbonyl (C=O) groups excluding carboxylic acids is 2. The van der Waals surface area contributed by atoms with Crippen molar-refractivity contribution < 1.29 is 9.59 Å². The molecular formula is C18H25ClN2O2. The second-order valence-corrected chi connectivity index (χ2v) is 6.82. The highest BCUT2D eigenvalue weighted by molar-refractivity contribution is 6.30. The summed E-state index contributed by atoms with van der Waals surface area (Å²) >= 11 is 5.88. The maximum absolute atomic E-state index is 12.4. The van der Waals surface area contributed by atoms with Crippen LogP contribution in [0.2, 0.25) is 5.02 Å². The summed E-state index contributed by atoms with van der Waals surface area (Å²) in [6.07, 6.45) is 2.83. The molecule has 5 heteroatoms. The molecule has 126 valence electrons. The lowest BCUT2D eigenvalue weighted by molar-refractivity contribution is -0.140. The Labute approximate surface area is 143 Å². The largest absolute Gasteiger partial charge is 0.341 e. The number of carbonyl (C=O) groups is 2. The van der Waals surface area contributed by atoms with Gasteiger partial charge in [0.2, 0.25) is 11.8 Å². The van der Waals surface area contributed by atoms with Gasteiger partial charge in [0.1, 0.15) is 0 Å². The van der Waals surface area contributed by atoms with Gasteiger partial charge in [0.05, 0.1) is 6.54 Å². The minimum atomic E-state index is -0.0577. The van der Waals surface area contributed by atoms with Gasteiger partial charge in [-0.2, -0.15) is 0 Å². The minimum absolute atomic E-state index is 0.0577. The van der Waals surface area contributed by atoms with Crippen LogP contribution in [0, 0.1) is 5.92 Å². The van der Waals surface area contributed by atoms with Crippen LogP contribution >= 0.6 is 11.6 Å². The summed E-state index contributed by atoms with van der Waals surface area (Å²) < 4.78 is 0. The SMILES string of the molecule is CC(=O)N(CCc1ccc(Cl)cc1)CC(=O)N1CCC(C)CC1. The van der Waals surface area contributed by atoms with E-state index in [2.05, 4.69) is 6.92 Å². The zero-order valence-corrected chi connectivity index (χ0v) is 14.7. The molecule has 1 aliphatic rings. The molecule has 0 unspecified atom stereocenters. The van der Waals surface area contributed by atoms with Crippen LogP contribution in [0.1, 0.15) is 32.3 Å². The number of halogens is 1. The Kier molecular flexibility index (Phi) is 6.46. The first kappa shape index (κ1) is 17.8. The Bertz CT molecular complexity index is 536. The predicted octanol–water partition coefficient (Wildman–Crippen LogP) is 2.99. The summed E-state index contributed by atoms with van der Waals surface area (Å²) in [5.41, 5.74) is 1.11. The summed E-state index contributed by atoms with van der Waals surface area (Å²) in [5.74, 6) is 0.689. The Morgan fingerprint density at radius 1 is 1.22 bits per heavy atom. The van der Waals surface area contributed by atoms with Gasteiger partial charge in [0.15, 0.2) is 0 Å². The Balaban J connectivity index is 1.87. The molecule has 0 spiro atoms. The molecule has 0 saturated carbocycles. The van der Waals surface area contributed by atoms with Gasteiger partial charge in [0, 0.05) is 31.6 Å². The van der Waals surface area contributed by atoms with Gasteiger partial charge in [-0.25, -0.2) is 0 Å². The van der Waals surface area contributed by atoms with E-state index in [1.165, 1.54) is 6.92 Å². The van der Waals surface area contributed by atoms with E-state index in [-0.39, 0.29) is 18.4 Å². The minimum Gasteiger partial charge on any atom is -0.341 e. The number of likely N-dealkylation sites (tertiary alicyclic amines) is 1. The van der Waals surface area contributed by atoms with Gasteiger partial charge in [-0.3, -0.25) is 9.59 Å². The topological polar surface area (TPSA) is 40.6 Å². The highest BCUT2D eigenvalue weighted by Gasteiger charge is 2.22. The highest BCUT2D eigenvalue weighted by atomic mass is 35.5. The number of benzene rings is 1. The van der Waals surface area contributed by atoms with Crippen molar-refractivity contribution in [2.45, 2.75) is 33.1 Å². The van der Waals surface area contributed by atoms with Crippen molar-refractivity contribution in [2.75, 3.05) is 26.2 Å². The Hall–Kier alpha value is -1.55. The quantitative estimate of drug-likeness (QED) is 0.829. The average molecular weight is 337 g/mol. The molecule has 1 aromatic carbocycles. The van der Waals surface area contributed by atoms with Gasteiger partial charge in [-0.15, -0.1) is 0 Å². The third-order valence-electron chi connectivity index (χ3n) is 4.49. The fourth-order valence-corrected chi connectivity index (χ4v) is 2.91. The van der Waals surface area contributed by atoms with Crippen LogP contribution in [0.25, 0.3) is 0 Å². The summed E-state index contributed by atoms with van der Waals surface area (Å²) in [6, 6.07) is 7.59. The van der Waals surface area contributed by atoms with Crippen molar-refractivity contribution in [2.24, 2.45) is 5.92 Å². The van der Waals surface area contributed by atoms with E-state index < -0.39 is 0 Å². The van der Waals surface area contributed by atoms with Gasteiger partial charge in [-0.05, 0) is 42.9 Å². The first-order valence-corrected chi connectivity index (χ1v) is 8.61. The van der Waals surface area contributed by atoms with Crippen molar-refractivity contribution in [3.8, 4) is 0 Å². The summed E-state index contributed by atoms with van der Waals surface area (Å²) in [6.45, 7) is 6.08. The van der Waals surface area contributed by atoms with Crippen LogP contribution in [-0.2, 0) is 16.0 Å². The van der Waals surface area contributed by atoms with Gasteiger partial charge in [-0.1, -0.05) is 30.7 Å². The van der Waals surface area contributed by atoms with E-state index in [0.29, 0.717) is 17.5 Å². The molecule has 1 fully saturated rings. The third-order valence-corrected chi connectivity index (χ3v) is 4.74. The maximum Gasteiger partial charge on any atom is 0.242 e. The van der Waals surface area contributed by atoms with Crippen LogP contribution in [0.5, 0.6) is 0 Å². The molecule has 0 radical (unpaired) electrons. The second-order valence-electron chi connectivity index (χ2n) is 6.38. The van der Waals surface area contributed by atoms with Crippen molar-refractivity contribution in [1.29, 1.82) is 0 Å². The molecule has 1 heterocycles.